The minimum Gasteiger partial charge on any atom is -0.327 e. The molecule has 3 aliphatic rings. The van der Waals surface area contributed by atoms with Gasteiger partial charge in [0.05, 0.1) is 29.9 Å². The van der Waals surface area contributed by atoms with Gasteiger partial charge in [0.25, 0.3) is 0 Å². The molecule has 8 rings (SSSR count). The number of halogens is 3. The molecule has 3 atom stereocenters. The predicted molar refractivity (Wildman–Crippen MR) is 192 cm³/mol. The molecule has 6 heterocycles. The number of fused-ring (bicyclic) bond motifs is 1. The van der Waals surface area contributed by atoms with E-state index in [4.69, 9.17) is 5.10 Å². The average molecular weight is 740 g/mol. The highest BCUT2D eigenvalue weighted by molar-refractivity contribution is 6.07. The Labute approximate surface area is 308 Å². The van der Waals surface area contributed by atoms with Crippen molar-refractivity contribution in [3.8, 4) is 11.1 Å². The normalized spacial score (nSPS) is 22.4. The Balaban J connectivity index is 1.18. The van der Waals surface area contributed by atoms with Gasteiger partial charge in [0.15, 0.2) is 17.2 Å². The lowest BCUT2D eigenvalue weighted by Gasteiger charge is -2.27. The second-order valence-electron chi connectivity index (χ2n) is 15.2. The van der Waals surface area contributed by atoms with E-state index in [-0.39, 0.29) is 47.9 Å². The molecular formula is C40H40F3N7O4. The predicted octanol–water partition coefficient (Wildman–Crippen LogP) is 6.70. The summed E-state index contributed by atoms with van der Waals surface area (Å²) in [6, 6.07) is 6.74. The molecule has 2 aliphatic heterocycles. The second-order valence-corrected chi connectivity index (χ2v) is 15.2. The number of amides is 1. The van der Waals surface area contributed by atoms with Crippen LogP contribution in [0.3, 0.4) is 0 Å². The molecule has 1 saturated carbocycles. The molecule has 1 saturated heterocycles. The standard InChI is InChI=1S/C40H40F3N7O4/c1-23-9-10-33(40(41,42)43)46-30(23)17-32(53)31-18-39-13-11-28(52)8-6-4-3-5-7-25-15-26(27-20-44-35-12-14-45-48(35)21-27)16-29-37(24(2)51)47-49(38(25)29)22-36(54)50(31)34(39)19-39/h9-10,12,14-16,20-21,31,34H,3-8,11,13,17-19,22H2,1-2H3/t31-,34+,39-/m0/s1. The summed E-state index contributed by atoms with van der Waals surface area (Å²) in [4.78, 5) is 64.6. The van der Waals surface area contributed by atoms with Gasteiger partial charge in [-0.3, -0.25) is 23.9 Å². The smallest absolute Gasteiger partial charge is 0.327 e. The Morgan fingerprint density at radius 1 is 0.981 bits per heavy atom. The second kappa shape index (κ2) is 13.5. The quantitative estimate of drug-likeness (QED) is 0.182. The maximum Gasteiger partial charge on any atom is 0.433 e. The van der Waals surface area contributed by atoms with E-state index < -0.39 is 29.1 Å². The van der Waals surface area contributed by atoms with Gasteiger partial charge in [-0.1, -0.05) is 18.9 Å². The van der Waals surface area contributed by atoms with Gasteiger partial charge in [-0.2, -0.15) is 23.4 Å². The van der Waals surface area contributed by atoms with Gasteiger partial charge in [0.1, 0.15) is 23.7 Å². The van der Waals surface area contributed by atoms with Gasteiger partial charge < -0.3 is 4.90 Å². The van der Waals surface area contributed by atoms with Crippen LogP contribution < -0.4 is 0 Å². The number of nitrogens with zero attached hydrogens (tertiary/aromatic N) is 7. The Bertz CT molecular complexity index is 2350. The van der Waals surface area contributed by atoms with E-state index >= 15 is 0 Å². The van der Waals surface area contributed by atoms with Crippen molar-refractivity contribution in [2.24, 2.45) is 5.41 Å². The molecule has 0 unspecified atom stereocenters. The zero-order valence-electron chi connectivity index (χ0n) is 30.2. The van der Waals surface area contributed by atoms with Crippen molar-refractivity contribution in [3.05, 3.63) is 77.1 Å². The highest BCUT2D eigenvalue weighted by atomic mass is 19.4. The number of rotatable bonds is 5. The maximum absolute atomic E-state index is 14.5. The van der Waals surface area contributed by atoms with Crippen LogP contribution in [0, 0.1) is 12.3 Å². The molecule has 4 aromatic heterocycles. The van der Waals surface area contributed by atoms with Gasteiger partial charge in [-0.05, 0) is 85.8 Å². The molecule has 11 nitrogen and oxygen atoms in total. The van der Waals surface area contributed by atoms with Crippen LogP contribution in [-0.4, -0.2) is 69.6 Å². The number of piperidine rings is 1. The monoisotopic (exact) mass is 739 g/mol. The van der Waals surface area contributed by atoms with Gasteiger partial charge in [-0.15, -0.1) is 0 Å². The van der Waals surface area contributed by atoms with Crippen molar-refractivity contribution < 1.29 is 32.3 Å². The molecule has 1 amide bonds. The molecule has 0 spiro atoms. The number of hydrogen-bond donors (Lipinski definition) is 0. The fourth-order valence-corrected chi connectivity index (χ4v) is 8.63. The summed E-state index contributed by atoms with van der Waals surface area (Å²) in [6.07, 6.45) is 6.56. The third kappa shape index (κ3) is 6.59. The third-order valence-corrected chi connectivity index (χ3v) is 11.6. The number of alkyl halides is 3. The summed E-state index contributed by atoms with van der Waals surface area (Å²) < 4.78 is 43.9. The SMILES string of the molecule is CC(=O)c1nn2c3c(cc(-c4cnc5ccnn5c4)cc13)CCCCCCC(=O)CC[C@@]13C[C@@H](C(=O)Cc4nc(C(F)(F)F)ccc4C)N(C(=O)C2)[C@@H]1C3. The van der Waals surface area contributed by atoms with Crippen LogP contribution in [-0.2, 0) is 39.9 Å². The van der Waals surface area contributed by atoms with Crippen LogP contribution in [0.25, 0.3) is 27.7 Å². The Morgan fingerprint density at radius 3 is 2.56 bits per heavy atom. The van der Waals surface area contributed by atoms with Crippen molar-refractivity contribution in [2.45, 2.75) is 109 Å². The molecule has 1 aliphatic carbocycles. The van der Waals surface area contributed by atoms with Crippen molar-refractivity contribution in [1.29, 1.82) is 0 Å². The van der Waals surface area contributed by atoms with E-state index in [0.29, 0.717) is 60.6 Å². The molecule has 14 heteroatoms. The third-order valence-electron chi connectivity index (χ3n) is 11.6. The van der Waals surface area contributed by atoms with Crippen molar-refractivity contribution in [1.82, 2.24) is 34.3 Å². The lowest BCUT2D eigenvalue weighted by Crippen LogP contribution is -2.45. The zero-order chi connectivity index (χ0) is 37.9. The number of Topliss-reactive ketones (excluding diaryl/α,β-unsaturated/α-hetero) is 3. The number of carbonyl (C=O) groups excluding carboxylic acids is 4. The van der Waals surface area contributed by atoms with E-state index in [1.807, 2.05) is 18.3 Å². The van der Waals surface area contributed by atoms with E-state index in [0.717, 1.165) is 48.4 Å². The lowest BCUT2D eigenvalue weighted by atomic mass is 9.89. The first kappa shape index (κ1) is 35.7. The molecule has 280 valence electrons. The minimum absolute atomic E-state index is 0.0213. The number of aryl methyl sites for hydroxylation is 2. The van der Waals surface area contributed by atoms with Crippen LogP contribution in [0.15, 0.2) is 48.9 Å². The summed E-state index contributed by atoms with van der Waals surface area (Å²) in [5.74, 6) is -0.871. The topological polar surface area (TPSA) is 132 Å². The Morgan fingerprint density at radius 2 is 1.78 bits per heavy atom. The van der Waals surface area contributed by atoms with Gasteiger partial charge in [0, 0.05) is 55.2 Å². The van der Waals surface area contributed by atoms with Crippen molar-refractivity contribution in [3.63, 3.8) is 0 Å². The molecule has 2 bridgehead atoms. The first-order valence-corrected chi connectivity index (χ1v) is 18.5. The molecule has 0 N–H and O–H groups in total. The molecule has 0 radical (unpaired) electrons. The molecular weight excluding hydrogens is 699 g/mol. The summed E-state index contributed by atoms with van der Waals surface area (Å²) in [7, 11) is 0. The van der Waals surface area contributed by atoms with Crippen LogP contribution in [0.1, 0.15) is 97.7 Å². The zero-order valence-corrected chi connectivity index (χ0v) is 30.2. The largest absolute Gasteiger partial charge is 0.433 e. The highest BCUT2D eigenvalue weighted by Crippen LogP contribution is 2.62. The van der Waals surface area contributed by atoms with Crippen LogP contribution >= 0.6 is 0 Å². The van der Waals surface area contributed by atoms with Crippen LogP contribution in [0.5, 0.6) is 0 Å². The van der Waals surface area contributed by atoms with Gasteiger partial charge in [-0.25, -0.2) is 14.5 Å². The number of ketones is 3. The van der Waals surface area contributed by atoms with Crippen LogP contribution in [0.4, 0.5) is 13.2 Å². The first-order chi connectivity index (χ1) is 25.8. The summed E-state index contributed by atoms with van der Waals surface area (Å²) >= 11 is 0. The summed E-state index contributed by atoms with van der Waals surface area (Å²) in [5, 5.41) is 9.64. The van der Waals surface area contributed by atoms with Crippen molar-refractivity contribution in [2.75, 3.05) is 0 Å². The van der Waals surface area contributed by atoms with E-state index in [1.54, 1.807) is 39.5 Å². The van der Waals surface area contributed by atoms with E-state index in [2.05, 4.69) is 15.1 Å². The fraction of sp³-hybridized carbons (Fsp3) is 0.450. The minimum atomic E-state index is -4.67. The molecule has 5 aromatic rings. The molecule has 1 aromatic carbocycles. The summed E-state index contributed by atoms with van der Waals surface area (Å²) in [6.45, 7) is 2.80. The summed E-state index contributed by atoms with van der Waals surface area (Å²) in [5.41, 5.74) is 3.06. The Hall–Kier alpha value is -5.27. The van der Waals surface area contributed by atoms with Crippen molar-refractivity contribution >= 4 is 39.8 Å². The molecule has 54 heavy (non-hydrogen) atoms. The number of aromatic nitrogens is 6. The average Bonchev–Trinajstić information content (AvgIpc) is 3.42. The van der Waals surface area contributed by atoms with Gasteiger partial charge >= 0.3 is 6.18 Å². The van der Waals surface area contributed by atoms with E-state index in [1.165, 1.54) is 13.0 Å². The maximum atomic E-state index is 14.5. The van der Waals surface area contributed by atoms with Gasteiger partial charge in [0.2, 0.25) is 5.91 Å². The lowest BCUT2D eigenvalue weighted by molar-refractivity contribution is -0.141. The number of benzene rings is 1. The first-order valence-electron chi connectivity index (χ1n) is 18.5. The van der Waals surface area contributed by atoms with E-state index in [9.17, 15) is 32.3 Å². The number of hydrogen-bond acceptors (Lipinski definition) is 8. The molecule has 2 fully saturated rings. The highest BCUT2D eigenvalue weighted by Gasteiger charge is 2.66. The Kier molecular flexibility index (Phi) is 8.96. The fourth-order valence-electron chi connectivity index (χ4n) is 8.63. The number of pyridine rings is 1. The number of carbonyl (C=O) groups is 4. The van der Waals surface area contributed by atoms with Crippen LogP contribution in [0.2, 0.25) is 0 Å².